The highest BCUT2D eigenvalue weighted by molar-refractivity contribution is 6.30. The summed E-state index contributed by atoms with van der Waals surface area (Å²) in [6.45, 7) is 4.66. The minimum Gasteiger partial charge on any atom is -0.497 e. The maximum absolute atomic E-state index is 13.4. The van der Waals surface area contributed by atoms with Crippen LogP contribution >= 0.6 is 11.6 Å². The summed E-state index contributed by atoms with van der Waals surface area (Å²) in [6, 6.07) is 20.1. The van der Waals surface area contributed by atoms with Crippen LogP contribution in [0.4, 0.5) is 4.39 Å². The van der Waals surface area contributed by atoms with E-state index in [1.807, 2.05) is 38.1 Å². The molecule has 1 amide bonds. The van der Waals surface area contributed by atoms with Crippen LogP contribution in [0, 0.1) is 12.7 Å². The number of nitrogens with zero attached hydrogens (tertiary/aromatic N) is 3. The number of hydrogen-bond donors (Lipinski definition) is 0. The number of aryl methyl sites for hydroxylation is 1. The van der Waals surface area contributed by atoms with Crippen molar-refractivity contribution < 1.29 is 18.7 Å². The van der Waals surface area contributed by atoms with Crippen molar-refractivity contribution in [1.82, 2.24) is 14.7 Å². The van der Waals surface area contributed by atoms with Crippen molar-refractivity contribution in [3.63, 3.8) is 0 Å². The summed E-state index contributed by atoms with van der Waals surface area (Å²) in [7, 11) is 1.60. The first-order chi connectivity index (χ1) is 17.4. The van der Waals surface area contributed by atoms with Gasteiger partial charge in [-0.2, -0.15) is 5.10 Å². The van der Waals surface area contributed by atoms with Crippen molar-refractivity contribution in [1.29, 1.82) is 0 Å². The Hall–Kier alpha value is -3.84. The summed E-state index contributed by atoms with van der Waals surface area (Å²) in [4.78, 5) is 15.1. The number of ether oxygens (including phenoxy) is 2. The Labute approximate surface area is 214 Å². The first kappa shape index (κ1) is 25.3. The number of amides is 1. The second kappa shape index (κ2) is 11.3. The molecule has 0 N–H and O–H groups in total. The summed E-state index contributed by atoms with van der Waals surface area (Å²) >= 11 is 6.26. The number of halogens is 2. The van der Waals surface area contributed by atoms with Crippen LogP contribution in [0.5, 0.6) is 17.4 Å². The second-order valence-corrected chi connectivity index (χ2v) is 8.71. The van der Waals surface area contributed by atoms with E-state index < -0.39 is 0 Å². The first-order valence-corrected chi connectivity index (χ1v) is 12.0. The summed E-state index contributed by atoms with van der Waals surface area (Å²) < 4.78 is 26.7. The molecule has 0 unspecified atom stereocenters. The Morgan fingerprint density at radius 2 is 1.75 bits per heavy atom. The Balaban J connectivity index is 1.75. The lowest BCUT2D eigenvalue weighted by Crippen LogP contribution is -2.31. The molecule has 4 aromatic rings. The van der Waals surface area contributed by atoms with Gasteiger partial charge in [0.25, 0.3) is 5.91 Å². The molecule has 0 saturated heterocycles. The molecule has 0 bridgehead atoms. The SMILES string of the molecule is CCCN(Cc1c(C)nn(-c2cccc(Cl)c2)c1Oc1ccc(OC)cc1)C(=O)c1ccc(F)cc1. The minimum absolute atomic E-state index is 0.192. The molecule has 3 aromatic carbocycles. The molecule has 1 aromatic heterocycles. The molecule has 0 spiro atoms. The number of rotatable bonds is 9. The Kier molecular flexibility index (Phi) is 7.90. The molecular weight excluding hydrogens is 481 g/mol. The predicted molar refractivity (Wildman–Crippen MR) is 138 cm³/mol. The lowest BCUT2D eigenvalue weighted by molar-refractivity contribution is 0.0742. The minimum atomic E-state index is -0.387. The van der Waals surface area contributed by atoms with E-state index in [1.54, 1.807) is 41.0 Å². The highest BCUT2D eigenvalue weighted by atomic mass is 35.5. The first-order valence-electron chi connectivity index (χ1n) is 11.6. The van der Waals surface area contributed by atoms with Crippen LogP contribution < -0.4 is 9.47 Å². The fourth-order valence-corrected chi connectivity index (χ4v) is 4.04. The largest absolute Gasteiger partial charge is 0.497 e. The van der Waals surface area contributed by atoms with Gasteiger partial charge in [-0.3, -0.25) is 4.79 Å². The third kappa shape index (κ3) is 5.69. The van der Waals surface area contributed by atoms with Gasteiger partial charge in [-0.15, -0.1) is 0 Å². The third-order valence-corrected chi connectivity index (χ3v) is 5.92. The summed E-state index contributed by atoms with van der Waals surface area (Å²) in [5, 5.41) is 5.30. The number of hydrogen-bond acceptors (Lipinski definition) is 4. The van der Waals surface area contributed by atoms with E-state index in [4.69, 9.17) is 26.2 Å². The van der Waals surface area contributed by atoms with Gasteiger partial charge < -0.3 is 14.4 Å². The monoisotopic (exact) mass is 507 g/mol. The molecular formula is C28H27ClFN3O3. The smallest absolute Gasteiger partial charge is 0.254 e. The molecule has 186 valence electrons. The fraction of sp³-hybridized carbons (Fsp3) is 0.214. The number of carbonyl (C=O) groups is 1. The molecule has 0 atom stereocenters. The third-order valence-electron chi connectivity index (χ3n) is 5.68. The average Bonchev–Trinajstić information content (AvgIpc) is 3.19. The van der Waals surface area contributed by atoms with Gasteiger partial charge in [0.1, 0.15) is 17.3 Å². The normalized spacial score (nSPS) is 10.8. The number of methoxy groups -OCH3 is 1. The maximum atomic E-state index is 13.4. The zero-order valence-electron chi connectivity index (χ0n) is 20.4. The van der Waals surface area contributed by atoms with Crippen molar-refractivity contribution in [2.75, 3.05) is 13.7 Å². The number of carbonyl (C=O) groups excluding carboxylic acids is 1. The Morgan fingerprint density at radius 1 is 1.06 bits per heavy atom. The quantitative estimate of drug-likeness (QED) is 0.249. The number of benzene rings is 3. The van der Waals surface area contributed by atoms with E-state index in [2.05, 4.69) is 0 Å². The molecule has 0 fully saturated rings. The van der Waals surface area contributed by atoms with Crippen LogP contribution in [0.15, 0.2) is 72.8 Å². The van der Waals surface area contributed by atoms with E-state index in [-0.39, 0.29) is 18.3 Å². The van der Waals surface area contributed by atoms with E-state index in [1.165, 1.54) is 24.3 Å². The van der Waals surface area contributed by atoms with Gasteiger partial charge in [-0.05, 0) is 80.1 Å². The van der Waals surface area contributed by atoms with E-state index in [9.17, 15) is 9.18 Å². The van der Waals surface area contributed by atoms with Gasteiger partial charge in [-0.1, -0.05) is 24.6 Å². The summed E-state index contributed by atoms with van der Waals surface area (Å²) in [6.07, 6.45) is 0.753. The highest BCUT2D eigenvalue weighted by Gasteiger charge is 2.24. The topological polar surface area (TPSA) is 56.6 Å². The van der Waals surface area contributed by atoms with Crippen LogP contribution in [0.25, 0.3) is 5.69 Å². The standard InChI is InChI=1S/C28H27ClFN3O3/c1-4-16-32(27(34)20-8-10-22(30)11-9-20)18-26-19(2)31-33(23-7-5-6-21(29)17-23)28(26)36-25-14-12-24(35-3)13-15-25/h5-15,17H,4,16,18H2,1-3H3. The van der Waals surface area contributed by atoms with Crippen LogP contribution in [0.1, 0.15) is 35.0 Å². The maximum Gasteiger partial charge on any atom is 0.254 e. The van der Waals surface area contributed by atoms with Gasteiger partial charge in [0, 0.05) is 17.1 Å². The van der Waals surface area contributed by atoms with Crippen molar-refractivity contribution in [2.24, 2.45) is 0 Å². The molecule has 4 rings (SSSR count). The van der Waals surface area contributed by atoms with Crippen LogP contribution in [0.3, 0.4) is 0 Å². The highest BCUT2D eigenvalue weighted by Crippen LogP contribution is 2.33. The zero-order chi connectivity index (χ0) is 25.7. The van der Waals surface area contributed by atoms with Gasteiger partial charge in [-0.25, -0.2) is 9.07 Å². The van der Waals surface area contributed by atoms with Crippen LogP contribution in [-0.4, -0.2) is 34.2 Å². The van der Waals surface area contributed by atoms with Crippen LogP contribution in [0.2, 0.25) is 5.02 Å². The summed E-state index contributed by atoms with van der Waals surface area (Å²) in [5.41, 5.74) is 2.62. The zero-order valence-corrected chi connectivity index (χ0v) is 21.1. The lowest BCUT2D eigenvalue weighted by Gasteiger charge is -2.23. The molecule has 0 aliphatic rings. The molecule has 6 nitrogen and oxygen atoms in total. The average molecular weight is 508 g/mol. The molecule has 0 radical (unpaired) electrons. The van der Waals surface area contributed by atoms with E-state index in [0.29, 0.717) is 40.2 Å². The van der Waals surface area contributed by atoms with Gasteiger partial charge >= 0.3 is 0 Å². The molecule has 0 aliphatic heterocycles. The van der Waals surface area contributed by atoms with Gasteiger partial charge in [0.2, 0.25) is 5.88 Å². The van der Waals surface area contributed by atoms with Crippen molar-refractivity contribution in [3.8, 4) is 23.1 Å². The molecule has 1 heterocycles. The predicted octanol–water partition coefficient (Wildman–Crippen LogP) is 6.83. The summed E-state index contributed by atoms with van der Waals surface area (Å²) in [5.74, 6) is 1.20. The van der Waals surface area contributed by atoms with Crippen molar-refractivity contribution >= 4 is 17.5 Å². The lowest BCUT2D eigenvalue weighted by atomic mass is 10.1. The van der Waals surface area contributed by atoms with Crippen LogP contribution in [-0.2, 0) is 6.54 Å². The van der Waals surface area contributed by atoms with E-state index in [0.717, 1.165) is 17.7 Å². The fourth-order valence-electron chi connectivity index (χ4n) is 3.85. The van der Waals surface area contributed by atoms with Gasteiger partial charge in [0.05, 0.1) is 30.6 Å². The molecule has 0 aliphatic carbocycles. The van der Waals surface area contributed by atoms with Crippen molar-refractivity contribution in [2.45, 2.75) is 26.8 Å². The number of aromatic nitrogens is 2. The Bertz CT molecular complexity index is 1340. The molecule has 0 saturated carbocycles. The Morgan fingerprint density at radius 3 is 2.39 bits per heavy atom. The molecule has 36 heavy (non-hydrogen) atoms. The van der Waals surface area contributed by atoms with Crippen molar-refractivity contribution in [3.05, 3.63) is 100 Å². The van der Waals surface area contributed by atoms with Gasteiger partial charge in [0.15, 0.2) is 0 Å². The van der Waals surface area contributed by atoms with E-state index >= 15 is 0 Å². The second-order valence-electron chi connectivity index (χ2n) is 8.27. The molecule has 8 heteroatoms.